The molecule has 0 aromatic carbocycles. The van der Waals surface area contributed by atoms with Crippen LogP contribution in [0.15, 0.2) is 52.0 Å². The lowest BCUT2D eigenvalue weighted by Gasteiger charge is -2.30. The first-order chi connectivity index (χ1) is 12.7. The number of rotatable bonds is 3. The molecule has 0 radical (unpaired) electrons. The number of hydrogen-bond acceptors (Lipinski definition) is 6. The predicted octanol–water partition coefficient (Wildman–Crippen LogP) is 1.84. The predicted molar refractivity (Wildman–Crippen MR) is 92.5 cm³/mol. The van der Waals surface area contributed by atoms with Crippen LogP contribution in [0.1, 0.15) is 35.1 Å². The van der Waals surface area contributed by atoms with E-state index in [0.29, 0.717) is 36.1 Å². The largest absolute Gasteiger partial charge is 0.337 e. The molecule has 8 nitrogen and oxygen atoms in total. The number of nitrogens with one attached hydrogen (secondary N) is 1. The molecule has 3 aromatic heterocycles. The minimum Gasteiger partial charge on any atom is -0.337 e. The van der Waals surface area contributed by atoms with Gasteiger partial charge < -0.3 is 14.4 Å². The summed E-state index contributed by atoms with van der Waals surface area (Å²) >= 11 is 0. The molecule has 1 fully saturated rings. The number of nitrogens with zero attached hydrogens (tertiary/aromatic N) is 4. The van der Waals surface area contributed by atoms with Gasteiger partial charge in [0.05, 0.1) is 5.56 Å². The molecular formula is C18H17N5O3. The number of likely N-dealkylation sites (tertiary alicyclic amines) is 1. The highest BCUT2D eigenvalue weighted by Gasteiger charge is 2.28. The van der Waals surface area contributed by atoms with Crippen molar-refractivity contribution in [3.63, 3.8) is 0 Å². The molecule has 3 aromatic rings. The Bertz CT molecular complexity index is 938. The maximum atomic E-state index is 12.4. The van der Waals surface area contributed by atoms with Crippen LogP contribution in [0, 0.1) is 0 Å². The third-order valence-corrected chi connectivity index (χ3v) is 4.50. The van der Waals surface area contributed by atoms with Crippen LogP contribution in [0.5, 0.6) is 0 Å². The van der Waals surface area contributed by atoms with E-state index in [9.17, 15) is 9.59 Å². The lowest BCUT2D eigenvalue weighted by Crippen LogP contribution is -2.38. The van der Waals surface area contributed by atoms with Crippen molar-refractivity contribution >= 4 is 5.91 Å². The molecule has 4 rings (SSSR count). The maximum Gasteiger partial charge on any atom is 0.272 e. The normalized spacial score (nSPS) is 15.2. The molecule has 1 aliphatic heterocycles. The number of carbonyl (C=O) groups excluding carboxylic acids is 1. The number of pyridine rings is 2. The molecule has 0 bridgehead atoms. The van der Waals surface area contributed by atoms with E-state index in [4.69, 9.17) is 4.52 Å². The van der Waals surface area contributed by atoms with E-state index in [-0.39, 0.29) is 17.4 Å². The Balaban J connectivity index is 1.41. The van der Waals surface area contributed by atoms with E-state index < -0.39 is 0 Å². The van der Waals surface area contributed by atoms with Crippen molar-refractivity contribution in [3.05, 3.63) is 64.6 Å². The van der Waals surface area contributed by atoms with Crippen LogP contribution in [0.3, 0.4) is 0 Å². The summed E-state index contributed by atoms with van der Waals surface area (Å²) in [7, 11) is 0. The number of hydrogen-bond donors (Lipinski definition) is 1. The van der Waals surface area contributed by atoms with Crippen LogP contribution in [-0.2, 0) is 0 Å². The van der Waals surface area contributed by atoms with Gasteiger partial charge in [-0.15, -0.1) is 0 Å². The van der Waals surface area contributed by atoms with Gasteiger partial charge in [-0.2, -0.15) is 4.98 Å². The summed E-state index contributed by atoms with van der Waals surface area (Å²) in [4.78, 5) is 36.5. The van der Waals surface area contributed by atoms with E-state index in [2.05, 4.69) is 20.1 Å². The van der Waals surface area contributed by atoms with E-state index in [0.717, 1.165) is 12.8 Å². The molecule has 26 heavy (non-hydrogen) atoms. The van der Waals surface area contributed by atoms with Crippen molar-refractivity contribution in [1.29, 1.82) is 0 Å². The van der Waals surface area contributed by atoms with Gasteiger partial charge in [0.15, 0.2) is 5.82 Å². The van der Waals surface area contributed by atoms with Crippen molar-refractivity contribution in [2.45, 2.75) is 18.8 Å². The van der Waals surface area contributed by atoms with Crippen LogP contribution in [0.2, 0.25) is 0 Å². The lowest BCUT2D eigenvalue weighted by molar-refractivity contribution is 0.0704. The van der Waals surface area contributed by atoms with Crippen LogP contribution < -0.4 is 5.56 Å². The molecule has 8 heteroatoms. The van der Waals surface area contributed by atoms with Gasteiger partial charge in [-0.3, -0.25) is 14.6 Å². The highest BCUT2D eigenvalue weighted by molar-refractivity contribution is 5.92. The first kappa shape index (κ1) is 16.2. The number of carbonyl (C=O) groups is 1. The topological polar surface area (TPSA) is 105 Å². The third kappa shape index (κ3) is 3.26. The highest BCUT2D eigenvalue weighted by Crippen LogP contribution is 2.28. The van der Waals surface area contributed by atoms with Crippen LogP contribution >= 0.6 is 0 Å². The van der Waals surface area contributed by atoms with Crippen LogP contribution in [0.25, 0.3) is 11.5 Å². The van der Waals surface area contributed by atoms with Gasteiger partial charge in [0.1, 0.15) is 5.69 Å². The summed E-state index contributed by atoms with van der Waals surface area (Å²) in [5, 5.41) is 4.07. The van der Waals surface area contributed by atoms with Crippen molar-refractivity contribution < 1.29 is 9.32 Å². The van der Waals surface area contributed by atoms with Gasteiger partial charge in [-0.1, -0.05) is 11.2 Å². The summed E-state index contributed by atoms with van der Waals surface area (Å²) < 4.78 is 5.31. The average molecular weight is 351 g/mol. The standard InChI is InChI=1S/C18H17N5O3/c24-15-5-4-13(11-20-15)17-21-16(22-26-17)12-6-9-23(10-7-12)18(25)14-3-1-2-8-19-14/h1-5,8,11-12H,6-7,9-10H2,(H,20,24). The fourth-order valence-electron chi connectivity index (χ4n) is 3.05. The molecule has 1 amide bonds. The number of aromatic nitrogens is 4. The molecule has 0 saturated carbocycles. The summed E-state index contributed by atoms with van der Waals surface area (Å²) in [6, 6.07) is 8.39. The molecule has 0 atom stereocenters. The molecular weight excluding hydrogens is 334 g/mol. The highest BCUT2D eigenvalue weighted by atomic mass is 16.5. The van der Waals surface area contributed by atoms with Crippen molar-refractivity contribution in [3.8, 4) is 11.5 Å². The average Bonchev–Trinajstić information content (AvgIpc) is 3.19. The molecule has 0 unspecified atom stereocenters. The fraction of sp³-hybridized carbons (Fsp3) is 0.278. The summed E-state index contributed by atoms with van der Waals surface area (Å²) in [6.45, 7) is 1.26. The van der Waals surface area contributed by atoms with Crippen molar-refractivity contribution in [2.75, 3.05) is 13.1 Å². The van der Waals surface area contributed by atoms with Crippen molar-refractivity contribution in [1.82, 2.24) is 25.0 Å². The molecule has 4 heterocycles. The Labute approximate surface area is 148 Å². The Morgan fingerprint density at radius 1 is 1.19 bits per heavy atom. The molecule has 0 spiro atoms. The number of H-pyrrole nitrogens is 1. The third-order valence-electron chi connectivity index (χ3n) is 4.50. The van der Waals surface area contributed by atoms with E-state index in [1.165, 1.54) is 6.07 Å². The Kier molecular flexibility index (Phi) is 4.30. The zero-order valence-corrected chi connectivity index (χ0v) is 14.0. The van der Waals surface area contributed by atoms with Crippen LogP contribution in [0.4, 0.5) is 0 Å². The summed E-state index contributed by atoms with van der Waals surface area (Å²) in [6.07, 6.45) is 4.71. The van der Waals surface area contributed by atoms with Gasteiger partial charge in [0.25, 0.3) is 11.8 Å². The van der Waals surface area contributed by atoms with E-state index in [1.807, 2.05) is 11.0 Å². The number of amides is 1. The first-order valence-corrected chi connectivity index (χ1v) is 8.44. The van der Waals surface area contributed by atoms with Gasteiger partial charge in [-0.25, -0.2) is 0 Å². The summed E-state index contributed by atoms with van der Waals surface area (Å²) in [5.41, 5.74) is 0.954. The molecule has 1 saturated heterocycles. The quantitative estimate of drug-likeness (QED) is 0.772. The number of aromatic amines is 1. The Hall–Kier alpha value is -3.29. The maximum absolute atomic E-state index is 12.4. The monoisotopic (exact) mass is 351 g/mol. The Morgan fingerprint density at radius 3 is 2.73 bits per heavy atom. The fourth-order valence-corrected chi connectivity index (χ4v) is 3.05. The first-order valence-electron chi connectivity index (χ1n) is 8.44. The van der Waals surface area contributed by atoms with Gasteiger partial charge >= 0.3 is 0 Å². The van der Waals surface area contributed by atoms with Gasteiger partial charge in [0.2, 0.25) is 5.56 Å². The zero-order valence-electron chi connectivity index (χ0n) is 14.0. The van der Waals surface area contributed by atoms with Crippen LogP contribution in [-0.4, -0.2) is 44.0 Å². The number of piperidine rings is 1. The molecule has 1 aliphatic rings. The molecule has 1 N–H and O–H groups in total. The minimum atomic E-state index is -0.182. The van der Waals surface area contributed by atoms with E-state index >= 15 is 0 Å². The second kappa shape index (κ2) is 6.91. The molecule has 0 aliphatic carbocycles. The van der Waals surface area contributed by atoms with Gasteiger partial charge in [-0.05, 0) is 31.0 Å². The van der Waals surface area contributed by atoms with Gasteiger partial charge in [0, 0.05) is 37.5 Å². The Morgan fingerprint density at radius 2 is 2.04 bits per heavy atom. The minimum absolute atomic E-state index is 0.0499. The second-order valence-electron chi connectivity index (χ2n) is 6.18. The van der Waals surface area contributed by atoms with Crippen molar-refractivity contribution in [2.24, 2.45) is 0 Å². The second-order valence-corrected chi connectivity index (χ2v) is 6.18. The zero-order chi connectivity index (χ0) is 17.9. The summed E-state index contributed by atoms with van der Waals surface area (Å²) in [5.74, 6) is 1.11. The smallest absolute Gasteiger partial charge is 0.272 e. The van der Waals surface area contributed by atoms with E-state index in [1.54, 1.807) is 30.6 Å². The SMILES string of the molecule is O=C(c1ccccn1)N1CCC(c2noc(-c3ccc(=O)[nH]c3)n2)CC1. The molecule has 132 valence electrons. The lowest BCUT2D eigenvalue weighted by atomic mass is 9.96.